The summed E-state index contributed by atoms with van der Waals surface area (Å²) in [4.78, 5) is 12.9. The number of carbonyl (C=O) groups is 1. The van der Waals surface area contributed by atoms with E-state index < -0.39 is 0 Å². The normalized spacial score (nSPS) is 11.2. The van der Waals surface area contributed by atoms with Gasteiger partial charge in [-0.3, -0.25) is 4.79 Å². The van der Waals surface area contributed by atoms with Crippen molar-refractivity contribution in [1.29, 1.82) is 0 Å². The van der Waals surface area contributed by atoms with Gasteiger partial charge < -0.3 is 9.88 Å². The van der Waals surface area contributed by atoms with Crippen molar-refractivity contribution in [2.24, 2.45) is 0 Å². The minimum absolute atomic E-state index is 0.252. The van der Waals surface area contributed by atoms with Crippen LogP contribution in [0.3, 0.4) is 0 Å². The van der Waals surface area contributed by atoms with Crippen LogP contribution in [0, 0.1) is 12.7 Å². The number of nitrogens with one attached hydrogen (secondary N) is 1. The number of fused-ring (bicyclic) bond motifs is 1. The minimum Gasteiger partial charge on any atom is -0.348 e. The predicted octanol–water partition coefficient (Wildman–Crippen LogP) is 5.26. The van der Waals surface area contributed by atoms with Crippen molar-refractivity contribution in [3.8, 4) is 0 Å². The molecule has 5 nitrogen and oxygen atoms in total. The molecule has 0 saturated carbocycles. The third kappa shape index (κ3) is 3.76. The molecule has 4 rings (SSSR count). The predicted molar refractivity (Wildman–Crippen MR) is 113 cm³/mol. The molecule has 0 aliphatic rings. The number of anilines is 1. The Hall–Kier alpha value is -3.12. The Bertz CT molecular complexity index is 1190. The Kier molecular flexibility index (Phi) is 5.11. The summed E-state index contributed by atoms with van der Waals surface area (Å²) in [5, 5.41) is 8.60. The van der Waals surface area contributed by atoms with E-state index in [4.69, 9.17) is 11.6 Å². The van der Waals surface area contributed by atoms with E-state index in [1.807, 2.05) is 30.5 Å². The van der Waals surface area contributed by atoms with E-state index in [0.717, 1.165) is 23.0 Å². The molecule has 2 aromatic carbocycles. The highest BCUT2D eigenvalue weighted by atomic mass is 35.5. The van der Waals surface area contributed by atoms with Crippen LogP contribution in [0.1, 0.15) is 28.5 Å². The number of carbonyl (C=O) groups excluding carboxylic acids is 1. The molecule has 1 amide bonds. The summed E-state index contributed by atoms with van der Waals surface area (Å²) in [5.41, 5.74) is 3.52. The molecule has 1 N–H and O–H groups in total. The molecule has 2 heterocycles. The van der Waals surface area contributed by atoms with Crippen LogP contribution in [-0.2, 0) is 13.1 Å². The van der Waals surface area contributed by atoms with Crippen LogP contribution >= 0.6 is 11.6 Å². The number of rotatable bonds is 5. The van der Waals surface area contributed by atoms with Crippen LogP contribution in [0.5, 0.6) is 0 Å². The maximum absolute atomic E-state index is 13.1. The van der Waals surface area contributed by atoms with Gasteiger partial charge in [-0.1, -0.05) is 23.7 Å². The van der Waals surface area contributed by atoms with E-state index in [2.05, 4.69) is 21.9 Å². The molecule has 0 bridgehead atoms. The number of aromatic nitrogens is 3. The Morgan fingerprint density at radius 2 is 1.93 bits per heavy atom. The maximum atomic E-state index is 13.1. The van der Waals surface area contributed by atoms with Crippen LogP contribution in [-0.4, -0.2) is 20.3 Å². The van der Waals surface area contributed by atoms with Crippen LogP contribution in [0.4, 0.5) is 10.1 Å². The molecule has 0 radical (unpaired) electrons. The van der Waals surface area contributed by atoms with Crippen LogP contribution < -0.4 is 5.32 Å². The summed E-state index contributed by atoms with van der Waals surface area (Å²) < 4.78 is 16.8. The first-order valence-corrected chi connectivity index (χ1v) is 9.71. The first-order chi connectivity index (χ1) is 14.0. The van der Waals surface area contributed by atoms with Crippen molar-refractivity contribution in [2.75, 3.05) is 5.32 Å². The lowest BCUT2D eigenvalue weighted by Gasteiger charge is -2.07. The number of nitrogens with zero attached hydrogens (tertiary/aromatic N) is 3. The number of aryl methyl sites for hydroxylation is 2. The van der Waals surface area contributed by atoms with E-state index in [1.54, 1.807) is 23.7 Å². The van der Waals surface area contributed by atoms with E-state index in [1.165, 1.54) is 12.1 Å². The highest BCUT2D eigenvalue weighted by Gasteiger charge is 2.21. The zero-order valence-electron chi connectivity index (χ0n) is 16.1. The van der Waals surface area contributed by atoms with Gasteiger partial charge in [0.2, 0.25) is 0 Å². The zero-order chi connectivity index (χ0) is 20.5. The topological polar surface area (TPSA) is 51.9 Å². The van der Waals surface area contributed by atoms with Crippen LogP contribution in [0.15, 0.2) is 54.7 Å². The quantitative estimate of drug-likeness (QED) is 0.488. The average molecular weight is 411 g/mol. The Balaban J connectivity index is 1.57. The molecule has 0 unspecified atom stereocenters. The lowest BCUT2D eigenvalue weighted by atomic mass is 10.2. The van der Waals surface area contributed by atoms with Gasteiger partial charge in [-0.25, -0.2) is 9.07 Å². The summed E-state index contributed by atoms with van der Waals surface area (Å²) in [6.45, 7) is 5.07. The van der Waals surface area contributed by atoms with Crippen molar-refractivity contribution >= 4 is 34.1 Å². The summed E-state index contributed by atoms with van der Waals surface area (Å²) in [6, 6.07) is 13.9. The number of benzene rings is 2. The molecule has 4 aromatic rings. The van der Waals surface area contributed by atoms with Crippen LogP contribution in [0.2, 0.25) is 5.15 Å². The molecule has 148 valence electrons. The Morgan fingerprint density at radius 3 is 2.66 bits per heavy atom. The summed E-state index contributed by atoms with van der Waals surface area (Å²) in [6.07, 6.45) is 2.02. The number of halogens is 2. The third-order valence-electron chi connectivity index (χ3n) is 4.91. The fraction of sp³-hybridized carbons (Fsp3) is 0.182. The number of hydrogen-bond donors (Lipinski definition) is 1. The van der Waals surface area contributed by atoms with E-state index >= 15 is 0 Å². The van der Waals surface area contributed by atoms with Gasteiger partial charge in [-0.15, -0.1) is 0 Å². The fourth-order valence-electron chi connectivity index (χ4n) is 3.43. The molecule has 29 heavy (non-hydrogen) atoms. The van der Waals surface area contributed by atoms with Gasteiger partial charge in [0.15, 0.2) is 0 Å². The first kappa shape index (κ1) is 19.2. The summed E-state index contributed by atoms with van der Waals surface area (Å²) >= 11 is 6.45. The second kappa shape index (κ2) is 7.72. The van der Waals surface area contributed by atoms with Gasteiger partial charge in [0, 0.05) is 29.3 Å². The van der Waals surface area contributed by atoms with Crippen molar-refractivity contribution in [1.82, 2.24) is 14.3 Å². The van der Waals surface area contributed by atoms with Gasteiger partial charge in [-0.05, 0) is 55.8 Å². The highest BCUT2D eigenvalue weighted by molar-refractivity contribution is 6.33. The van der Waals surface area contributed by atoms with E-state index in [-0.39, 0.29) is 16.9 Å². The second-order valence-corrected chi connectivity index (χ2v) is 7.22. The molecule has 0 atom stereocenters. The maximum Gasteiger partial charge on any atom is 0.260 e. The summed E-state index contributed by atoms with van der Waals surface area (Å²) in [7, 11) is 0. The van der Waals surface area contributed by atoms with Crippen LogP contribution in [0.25, 0.3) is 10.9 Å². The smallest absolute Gasteiger partial charge is 0.260 e. The fourth-order valence-corrected chi connectivity index (χ4v) is 3.75. The molecule has 0 saturated heterocycles. The molecule has 0 fully saturated rings. The van der Waals surface area contributed by atoms with Crippen molar-refractivity contribution in [3.63, 3.8) is 0 Å². The van der Waals surface area contributed by atoms with Gasteiger partial charge >= 0.3 is 0 Å². The van der Waals surface area contributed by atoms with Gasteiger partial charge in [0.25, 0.3) is 5.91 Å². The molecule has 0 spiro atoms. The second-order valence-electron chi connectivity index (χ2n) is 6.86. The molecule has 0 aliphatic carbocycles. The largest absolute Gasteiger partial charge is 0.348 e. The third-order valence-corrected chi connectivity index (χ3v) is 5.29. The molecule has 2 aromatic heterocycles. The van der Waals surface area contributed by atoms with Crippen molar-refractivity contribution in [3.05, 3.63) is 82.5 Å². The number of amides is 1. The first-order valence-electron chi connectivity index (χ1n) is 9.34. The molecular weight excluding hydrogens is 391 g/mol. The average Bonchev–Trinajstić information content (AvgIpc) is 3.23. The van der Waals surface area contributed by atoms with Gasteiger partial charge in [-0.2, -0.15) is 5.10 Å². The zero-order valence-corrected chi connectivity index (χ0v) is 16.9. The molecule has 7 heteroatoms. The van der Waals surface area contributed by atoms with Crippen molar-refractivity contribution in [2.45, 2.75) is 26.9 Å². The van der Waals surface area contributed by atoms with E-state index in [9.17, 15) is 9.18 Å². The monoisotopic (exact) mass is 410 g/mol. The lowest BCUT2D eigenvalue weighted by Crippen LogP contribution is -2.13. The van der Waals surface area contributed by atoms with Gasteiger partial charge in [0.05, 0.1) is 17.8 Å². The van der Waals surface area contributed by atoms with Gasteiger partial charge in [0.1, 0.15) is 11.0 Å². The molecular formula is C22H20ClFN4O. The highest BCUT2D eigenvalue weighted by Crippen LogP contribution is 2.24. The van der Waals surface area contributed by atoms with E-state index in [0.29, 0.717) is 23.5 Å². The Labute approximate surface area is 172 Å². The molecule has 0 aliphatic heterocycles. The SMILES string of the molecule is CCn1ccc2cc(NC(=O)c3c(C)nn(Cc4ccc(F)cc4)c3Cl)ccc21. The lowest BCUT2D eigenvalue weighted by molar-refractivity contribution is 0.102. The number of hydrogen-bond acceptors (Lipinski definition) is 2. The minimum atomic E-state index is -0.313. The standard InChI is InChI=1S/C22H20ClFN4O/c1-3-27-11-10-16-12-18(8-9-19(16)27)25-22(29)20-14(2)26-28(21(20)23)13-15-4-6-17(24)7-5-15/h4-12H,3,13H2,1-2H3,(H,25,29). The Morgan fingerprint density at radius 1 is 1.17 bits per heavy atom. The summed E-state index contributed by atoms with van der Waals surface area (Å²) in [5.74, 6) is -0.616. The van der Waals surface area contributed by atoms with Crippen molar-refractivity contribution < 1.29 is 9.18 Å².